The second kappa shape index (κ2) is 5.65. The average molecular weight is 301 g/mol. The third-order valence-corrected chi connectivity index (χ3v) is 4.30. The molecule has 1 aromatic heterocycles. The van der Waals surface area contributed by atoms with Crippen LogP contribution in [0.4, 0.5) is 10.8 Å². The summed E-state index contributed by atoms with van der Waals surface area (Å²) >= 11 is 7.57. The monoisotopic (exact) mass is 300 g/mol. The van der Waals surface area contributed by atoms with Gasteiger partial charge in [-0.2, -0.15) is 0 Å². The van der Waals surface area contributed by atoms with Gasteiger partial charge < -0.3 is 5.32 Å². The van der Waals surface area contributed by atoms with Gasteiger partial charge in [0.25, 0.3) is 0 Å². The van der Waals surface area contributed by atoms with E-state index in [1.165, 1.54) is 4.88 Å². The van der Waals surface area contributed by atoms with E-state index in [2.05, 4.69) is 10.3 Å². The normalized spacial score (nSPS) is 10.5. The Balaban J connectivity index is 1.89. The van der Waals surface area contributed by atoms with Gasteiger partial charge in [0, 0.05) is 10.7 Å². The molecule has 0 bridgehead atoms. The van der Waals surface area contributed by atoms with Crippen molar-refractivity contribution in [2.45, 2.75) is 6.92 Å². The third-order valence-electron chi connectivity index (χ3n) is 2.93. The van der Waals surface area contributed by atoms with E-state index in [-0.39, 0.29) is 0 Å². The maximum atomic E-state index is 5.93. The molecule has 0 saturated carbocycles. The molecule has 0 amide bonds. The molecule has 0 saturated heterocycles. The van der Waals surface area contributed by atoms with Crippen LogP contribution in [0.3, 0.4) is 0 Å². The molecule has 100 valence electrons. The van der Waals surface area contributed by atoms with E-state index < -0.39 is 0 Å². The quantitative estimate of drug-likeness (QED) is 0.689. The van der Waals surface area contributed by atoms with Crippen molar-refractivity contribution in [3.05, 3.63) is 65.3 Å². The summed E-state index contributed by atoms with van der Waals surface area (Å²) in [5, 5.41) is 4.98. The van der Waals surface area contributed by atoms with Crippen molar-refractivity contribution in [1.29, 1.82) is 0 Å². The largest absolute Gasteiger partial charge is 0.332 e. The number of benzene rings is 2. The summed E-state index contributed by atoms with van der Waals surface area (Å²) in [5.41, 5.74) is 3.21. The fraction of sp³-hybridized carbons (Fsp3) is 0.0625. The highest BCUT2D eigenvalue weighted by atomic mass is 35.5. The summed E-state index contributed by atoms with van der Waals surface area (Å²) in [6.07, 6.45) is 0. The number of hydrogen-bond acceptors (Lipinski definition) is 3. The fourth-order valence-electron chi connectivity index (χ4n) is 1.96. The van der Waals surface area contributed by atoms with E-state index in [1.807, 2.05) is 61.5 Å². The molecule has 0 unspecified atom stereocenters. The molecule has 3 rings (SSSR count). The van der Waals surface area contributed by atoms with E-state index in [0.717, 1.165) is 27.1 Å². The van der Waals surface area contributed by atoms with E-state index in [1.54, 1.807) is 11.3 Å². The predicted molar refractivity (Wildman–Crippen MR) is 87.0 cm³/mol. The van der Waals surface area contributed by atoms with Crippen LogP contribution in [-0.4, -0.2) is 4.98 Å². The van der Waals surface area contributed by atoms with Crippen LogP contribution < -0.4 is 5.32 Å². The van der Waals surface area contributed by atoms with Crippen LogP contribution >= 0.6 is 22.9 Å². The van der Waals surface area contributed by atoms with E-state index in [4.69, 9.17) is 11.6 Å². The number of thiazole rings is 1. The van der Waals surface area contributed by atoms with Gasteiger partial charge in [0.1, 0.15) is 0 Å². The standard InChI is InChI=1S/C16H13ClN2S/c1-11-15(12-7-9-13(17)10-8-12)20-16(18-11)19-14-5-3-2-4-6-14/h2-10H,1H3,(H,18,19). The first kappa shape index (κ1) is 13.2. The molecule has 2 aromatic carbocycles. The first-order chi connectivity index (χ1) is 9.72. The number of rotatable bonds is 3. The molecular formula is C16H13ClN2S. The zero-order chi connectivity index (χ0) is 13.9. The molecule has 4 heteroatoms. The summed E-state index contributed by atoms with van der Waals surface area (Å²) < 4.78 is 0. The average Bonchev–Trinajstić information content (AvgIpc) is 2.81. The lowest BCUT2D eigenvalue weighted by Gasteiger charge is -2.00. The molecule has 0 atom stereocenters. The highest BCUT2D eigenvalue weighted by Crippen LogP contribution is 2.34. The van der Waals surface area contributed by atoms with Gasteiger partial charge in [-0.1, -0.05) is 53.3 Å². The number of nitrogens with one attached hydrogen (secondary N) is 1. The van der Waals surface area contributed by atoms with Crippen molar-refractivity contribution in [2.24, 2.45) is 0 Å². The van der Waals surface area contributed by atoms with Gasteiger partial charge in [0.05, 0.1) is 10.6 Å². The Bertz CT molecular complexity index is 705. The molecule has 2 nitrogen and oxygen atoms in total. The zero-order valence-corrected chi connectivity index (χ0v) is 12.5. The van der Waals surface area contributed by atoms with Gasteiger partial charge in [-0.15, -0.1) is 0 Å². The molecule has 0 aliphatic carbocycles. The predicted octanol–water partition coefficient (Wildman–Crippen LogP) is 5.52. The van der Waals surface area contributed by atoms with Gasteiger partial charge >= 0.3 is 0 Å². The summed E-state index contributed by atoms with van der Waals surface area (Å²) in [6, 6.07) is 17.9. The maximum absolute atomic E-state index is 5.93. The van der Waals surface area contributed by atoms with Crippen LogP contribution in [0.1, 0.15) is 5.69 Å². The Morgan fingerprint density at radius 2 is 1.70 bits per heavy atom. The Morgan fingerprint density at radius 3 is 2.40 bits per heavy atom. The van der Waals surface area contributed by atoms with Crippen LogP contribution in [0, 0.1) is 6.92 Å². The van der Waals surface area contributed by atoms with Crippen LogP contribution in [0.5, 0.6) is 0 Å². The molecule has 0 aliphatic rings. The van der Waals surface area contributed by atoms with Crippen molar-refractivity contribution >= 4 is 33.8 Å². The van der Waals surface area contributed by atoms with Crippen molar-refractivity contribution in [3.63, 3.8) is 0 Å². The first-order valence-corrected chi connectivity index (χ1v) is 7.47. The number of halogens is 1. The number of aryl methyl sites for hydroxylation is 1. The van der Waals surface area contributed by atoms with Crippen molar-refractivity contribution < 1.29 is 0 Å². The van der Waals surface area contributed by atoms with Gasteiger partial charge in [0.2, 0.25) is 0 Å². The topological polar surface area (TPSA) is 24.9 Å². The van der Waals surface area contributed by atoms with E-state index in [9.17, 15) is 0 Å². The van der Waals surface area contributed by atoms with Gasteiger partial charge in [-0.3, -0.25) is 0 Å². The minimum Gasteiger partial charge on any atom is -0.332 e. The molecule has 0 aliphatic heterocycles. The molecule has 0 fully saturated rings. The Morgan fingerprint density at radius 1 is 1.00 bits per heavy atom. The van der Waals surface area contributed by atoms with Crippen molar-refractivity contribution in [1.82, 2.24) is 4.98 Å². The second-order valence-electron chi connectivity index (χ2n) is 4.43. The zero-order valence-electron chi connectivity index (χ0n) is 10.9. The maximum Gasteiger partial charge on any atom is 0.187 e. The lowest BCUT2D eigenvalue weighted by Crippen LogP contribution is -1.88. The van der Waals surface area contributed by atoms with E-state index >= 15 is 0 Å². The van der Waals surface area contributed by atoms with E-state index in [0.29, 0.717) is 0 Å². The molecule has 1 N–H and O–H groups in total. The fourth-order valence-corrected chi connectivity index (χ4v) is 3.08. The Kier molecular flexibility index (Phi) is 3.72. The minimum atomic E-state index is 0.749. The van der Waals surface area contributed by atoms with Crippen LogP contribution in [0.15, 0.2) is 54.6 Å². The summed E-state index contributed by atoms with van der Waals surface area (Å²) in [6.45, 7) is 2.02. The molecule has 20 heavy (non-hydrogen) atoms. The first-order valence-electron chi connectivity index (χ1n) is 6.28. The Hall–Kier alpha value is -1.84. The third kappa shape index (κ3) is 2.84. The van der Waals surface area contributed by atoms with Gasteiger partial charge in [-0.05, 0) is 36.8 Å². The lowest BCUT2D eigenvalue weighted by molar-refractivity contribution is 1.26. The van der Waals surface area contributed by atoms with Gasteiger partial charge in [0.15, 0.2) is 5.13 Å². The number of para-hydroxylation sites is 1. The molecule has 0 spiro atoms. The smallest absolute Gasteiger partial charge is 0.187 e. The second-order valence-corrected chi connectivity index (χ2v) is 5.87. The highest BCUT2D eigenvalue weighted by molar-refractivity contribution is 7.19. The van der Waals surface area contributed by atoms with Crippen LogP contribution in [0.2, 0.25) is 5.02 Å². The number of aromatic nitrogens is 1. The molecule has 3 aromatic rings. The SMILES string of the molecule is Cc1nc(Nc2ccccc2)sc1-c1ccc(Cl)cc1. The number of nitrogens with zero attached hydrogens (tertiary/aromatic N) is 1. The Labute approximate surface area is 127 Å². The molecule has 1 heterocycles. The van der Waals surface area contributed by atoms with Crippen LogP contribution in [-0.2, 0) is 0 Å². The molecule has 0 radical (unpaired) electrons. The lowest BCUT2D eigenvalue weighted by atomic mass is 10.2. The van der Waals surface area contributed by atoms with Crippen molar-refractivity contribution in [3.8, 4) is 10.4 Å². The summed E-state index contributed by atoms with van der Waals surface area (Å²) in [5.74, 6) is 0. The minimum absolute atomic E-state index is 0.749. The van der Waals surface area contributed by atoms with Crippen LogP contribution in [0.25, 0.3) is 10.4 Å². The highest BCUT2D eigenvalue weighted by Gasteiger charge is 2.09. The summed E-state index contributed by atoms with van der Waals surface area (Å²) in [4.78, 5) is 5.75. The number of hydrogen-bond donors (Lipinski definition) is 1. The summed E-state index contributed by atoms with van der Waals surface area (Å²) in [7, 11) is 0. The van der Waals surface area contributed by atoms with Crippen molar-refractivity contribution in [2.75, 3.05) is 5.32 Å². The molecular weight excluding hydrogens is 288 g/mol. The van der Waals surface area contributed by atoms with Gasteiger partial charge in [-0.25, -0.2) is 4.98 Å². The number of anilines is 2.